The van der Waals surface area contributed by atoms with E-state index in [4.69, 9.17) is 0 Å². The molecule has 2 aromatic heterocycles. The van der Waals surface area contributed by atoms with E-state index in [0.717, 1.165) is 4.47 Å². The normalized spacial score (nSPS) is 11.4. The summed E-state index contributed by atoms with van der Waals surface area (Å²) >= 11 is 3.26. The molecular formula is C12H10BrF3N4O. The summed E-state index contributed by atoms with van der Waals surface area (Å²) < 4.78 is 36.7. The van der Waals surface area contributed by atoms with Gasteiger partial charge in [-0.1, -0.05) is 0 Å². The van der Waals surface area contributed by atoms with E-state index in [0.29, 0.717) is 16.7 Å². The van der Waals surface area contributed by atoms with Gasteiger partial charge in [0.1, 0.15) is 12.1 Å². The second-order valence-corrected chi connectivity index (χ2v) is 5.04. The average Bonchev–Trinajstić information content (AvgIpc) is 2.41. The Kier molecular flexibility index (Phi) is 4.61. The quantitative estimate of drug-likeness (QED) is 0.876. The van der Waals surface area contributed by atoms with Crippen molar-refractivity contribution in [3.8, 4) is 0 Å². The van der Waals surface area contributed by atoms with Gasteiger partial charge in [0.05, 0.1) is 17.7 Å². The second-order valence-electron chi connectivity index (χ2n) is 4.13. The molecule has 0 bridgehead atoms. The number of pyridine rings is 2. The Morgan fingerprint density at radius 1 is 1.33 bits per heavy atom. The molecule has 0 atom stereocenters. The summed E-state index contributed by atoms with van der Waals surface area (Å²) in [6, 6.07) is 3.34. The van der Waals surface area contributed by atoms with Crippen LogP contribution in [-0.2, 0) is 4.79 Å². The largest absolute Gasteiger partial charge is 0.405 e. The Bertz CT molecular complexity index is 662. The van der Waals surface area contributed by atoms with Gasteiger partial charge in [-0.15, -0.1) is 0 Å². The van der Waals surface area contributed by atoms with E-state index in [1.54, 1.807) is 23.6 Å². The van der Waals surface area contributed by atoms with Gasteiger partial charge >= 0.3 is 6.18 Å². The zero-order chi connectivity index (χ0) is 15.5. The van der Waals surface area contributed by atoms with E-state index < -0.39 is 18.6 Å². The fourth-order valence-electron chi connectivity index (χ4n) is 1.59. The highest BCUT2D eigenvalue weighted by Gasteiger charge is 2.27. The van der Waals surface area contributed by atoms with Crippen LogP contribution in [0.4, 0.5) is 18.9 Å². The smallest absolute Gasteiger partial charge is 0.374 e. The summed E-state index contributed by atoms with van der Waals surface area (Å²) in [5.41, 5.74) is 1.66. The Hall–Kier alpha value is -1.90. The van der Waals surface area contributed by atoms with Gasteiger partial charge in [0.2, 0.25) is 5.91 Å². The summed E-state index contributed by atoms with van der Waals surface area (Å²) in [5, 5.41) is 4.53. The standard InChI is InChI=1S/C12H10BrF3N4O/c13-7-3-9-11(19-4-7)8(1-2-17-9)18-5-10(21)20-6-12(14,15)16/h1-4H,5-6H2,(H,17,18)(H,20,21). The van der Waals surface area contributed by atoms with Crippen LogP contribution in [0.2, 0.25) is 0 Å². The highest BCUT2D eigenvalue weighted by Crippen LogP contribution is 2.21. The third kappa shape index (κ3) is 4.55. The molecule has 0 aliphatic carbocycles. The Balaban J connectivity index is 2.02. The summed E-state index contributed by atoms with van der Waals surface area (Å²) in [6.45, 7) is -1.64. The molecule has 112 valence electrons. The molecule has 0 unspecified atom stereocenters. The zero-order valence-electron chi connectivity index (χ0n) is 10.5. The maximum absolute atomic E-state index is 12.0. The highest BCUT2D eigenvalue weighted by atomic mass is 79.9. The predicted molar refractivity (Wildman–Crippen MR) is 74.8 cm³/mol. The van der Waals surface area contributed by atoms with Crippen LogP contribution in [0.1, 0.15) is 0 Å². The first-order valence-electron chi connectivity index (χ1n) is 5.83. The third-order valence-corrected chi connectivity index (χ3v) is 2.90. The van der Waals surface area contributed by atoms with E-state index in [2.05, 4.69) is 31.2 Å². The first kappa shape index (κ1) is 15.5. The van der Waals surface area contributed by atoms with Gasteiger partial charge in [0, 0.05) is 16.9 Å². The first-order chi connectivity index (χ1) is 9.85. The molecule has 2 N–H and O–H groups in total. The molecule has 2 rings (SSSR count). The lowest BCUT2D eigenvalue weighted by molar-refractivity contribution is -0.137. The number of carbonyl (C=O) groups excluding carboxylic acids is 1. The molecule has 0 aromatic carbocycles. The van der Waals surface area contributed by atoms with Crippen LogP contribution in [0.3, 0.4) is 0 Å². The molecule has 2 aromatic rings. The van der Waals surface area contributed by atoms with Crippen molar-refractivity contribution in [3.05, 3.63) is 29.0 Å². The topological polar surface area (TPSA) is 66.9 Å². The number of fused-ring (bicyclic) bond motifs is 1. The van der Waals surface area contributed by atoms with E-state index in [1.165, 1.54) is 6.20 Å². The van der Waals surface area contributed by atoms with Crippen molar-refractivity contribution >= 4 is 38.6 Å². The van der Waals surface area contributed by atoms with Crippen molar-refractivity contribution in [2.45, 2.75) is 6.18 Å². The number of anilines is 1. The highest BCUT2D eigenvalue weighted by molar-refractivity contribution is 9.10. The summed E-state index contributed by atoms with van der Waals surface area (Å²) in [7, 11) is 0. The molecule has 0 fully saturated rings. The number of rotatable bonds is 4. The molecule has 5 nitrogen and oxygen atoms in total. The average molecular weight is 363 g/mol. The Morgan fingerprint density at radius 2 is 2.10 bits per heavy atom. The molecule has 0 radical (unpaired) electrons. The molecule has 0 saturated heterocycles. The van der Waals surface area contributed by atoms with Crippen molar-refractivity contribution in [2.75, 3.05) is 18.4 Å². The lowest BCUT2D eigenvalue weighted by Crippen LogP contribution is -2.37. The SMILES string of the molecule is O=C(CNc1ccnc2cc(Br)cnc12)NCC(F)(F)F. The Labute approximate surface area is 126 Å². The molecule has 0 aliphatic rings. The zero-order valence-corrected chi connectivity index (χ0v) is 12.1. The fraction of sp³-hybridized carbons (Fsp3) is 0.250. The molecule has 0 saturated carbocycles. The van der Waals surface area contributed by atoms with Crippen LogP contribution in [0.25, 0.3) is 11.0 Å². The van der Waals surface area contributed by atoms with Gasteiger partial charge < -0.3 is 10.6 Å². The first-order valence-corrected chi connectivity index (χ1v) is 6.62. The van der Waals surface area contributed by atoms with Crippen LogP contribution >= 0.6 is 15.9 Å². The predicted octanol–water partition coefficient (Wildman–Crippen LogP) is 2.48. The molecule has 9 heteroatoms. The molecule has 0 aliphatic heterocycles. The number of hydrogen-bond acceptors (Lipinski definition) is 4. The van der Waals surface area contributed by atoms with Crippen molar-refractivity contribution in [2.24, 2.45) is 0 Å². The van der Waals surface area contributed by atoms with Crippen molar-refractivity contribution in [1.29, 1.82) is 0 Å². The van der Waals surface area contributed by atoms with Crippen LogP contribution in [0, 0.1) is 0 Å². The molecular weight excluding hydrogens is 353 g/mol. The van der Waals surface area contributed by atoms with E-state index in [9.17, 15) is 18.0 Å². The number of halogens is 4. The van der Waals surface area contributed by atoms with Gasteiger partial charge in [-0.25, -0.2) is 0 Å². The molecule has 2 heterocycles. The number of nitrogens with zero attached hydrogens (tertiary/aromatic N) is 2. The molecule has 1 amide bonds. The van der Waals surface area contributed by atoms with E-state index in [-0.39, 0.29) is 6.54 Å². The van der Waals surface area contributed by atoms with Crippen LogP contribution in [0.15, 0.2) is 29.0 Å². The summed E-state index contributed by atoms with van der Waals surface area (Å²) in [4.78, 5) is 19.6. The lowest BCUT2D eigenvalue weighted by Gasteiger charge is -2.10. The maximum atomic E-state index is 12.0. The van der Waals surface area contributed by atoms with Crippen LogP contribution < -0.4 is 10.6 Å². The number of hydrogen-bond donors (Lipinski definition) is 2. The lowest BCUT2D eigenvalue weighted by atomic mass is 10.3. The van der Waals surface area contributed by atoms with Crippen molar-refractivity contribution < 1.29 is 18.0 Å². The number of alkyl halides is 3. The van der Waals surface area contributed by atoms with Crippen molar-refractivity contribution in [1.82, 2.24) is 15.3 Å². The van der Waals surface area contributed by atoms with Gasteiger partial charge in [0.25, 0.3) is 0 Å². The van der Waals surface area contributed by atoms with Gasteiger partial charge in [-0.05, 0) is 28.1 Å². The maximum Gasteiger partial charge on any atom is 0.405 e. The monoisotopic (exact) mass is 362 g/mol. The number of nitrogens with one attached hydrogen (secondary N) is 2. The van der Waals surface area contributed by atoms with Crippen molar-refractivity contribution in [3.63, 3.8) is 0 Å². The number of amides is 1. The minimum absolute atomic E-state index is 0.285. The number of carbonyl (C=O) groups is 1. The van der Waals surface area contributed by atoms with Crippen LogP contribution in [0.5, 0.6) is 0 Å². The van der Waals surface area contributed by atoms with Gasteiger partial charge in [-0.2, -0.15) is 13.2 Å². The Morgan fingerprint density at radius 3 is 2.81 bits per heavy atom. The third-order valence-electron chi connectivity index (χ3n) is 2.47. The minimum Gasteiger partial charge on any atom is -0.374 e. The summed E-state index contributed by atoms with van der Waals surface area (Å²) in [5.74, 6) is -0.755. The summed E-state index contributed by atoms with van der Waals surface area (Å²) in [6.07, 6.45) is -1.34. The number of aromatic nitrogens is 2. The minimum atomic E-state index is -4.42. The van der Waals surface area contributed by atoms with E-state index >= 15 is 0 Å². The van der Waals surface area contributed by atoms with Gasteiger partial charge in [0.15, 0.2) is 0 Å². The van der Waals surface area contributed by atoms with Gasteiger partial charge in [-0.3, -0.25) is 14.8 Å². The van der Waals surface area contributed by atoms with Crippen LogP contribution in [-0.4, -0.2) is 35.1 Å². The van der Waals surface area contributed by atoms with E-state index in [1.807, 2.05) is 0 Å². The molecule has 0 spiro atoms. The fourth-order valence-corrected chi connectivity index (χ4v) is 1.90. The second kappa shape index (κ2) is 6.25. The molecule has 21 heavy (non-hydrogen) atoms.